The van der Waals surface area contributed by atoms with Gasteiger partial charge in [-0.25, -0.2) is 0 Å². The van der Waals surface area contributed by atoms with Crippen LogP contribution in [0.1, 0.15) is 38.8 Å². The zero-order valence-corrected chi connectivity index (χ0v) is 61.6. The van der Waals surface area contributed by atoms with Crippen LogP contribution in [0.15, 0.2) is 309 Å². The molecule has 9 heteroatoms. The molecule has 0 atom stereocenters. The summed E-state index contributed by atoms with van der Waals surface area (Å²) in [6, 6.07) is 116. The number of rotatable bonds is 9. The number of aryl methyl sites for hydroxylation is 2. The van der Waals surface area contributed by atoms with Gasteiger partial charge in [0, 0.05) is 117 Å². The predicted molar refractivity (Wildman–Crippen MR) is 457 cm³/mol. The minimum absolute atomic E-state index is 0.541. The topological polar surface area (TPSA) is 38.2 Å². The molecule has 1 saturated heterocycles. The highest BCUT2D eigenvalue weighted by atomic mass is 32.1. The maximum absolute atomic E-state index is 6.96. The normalized spacial score (nSPS) is 13.9. The van der Waals surface area contributed by atoms with Crippen molar-refractivity contribution in [3.63, 3.8) is 0 Å². The van der Waals surface area contributed by atoms with Crippen LogP contribution < -0.4 is 5.46 Å². The average molecular weight is 1410 g/mol. The monoisotopic (exact) mass is 1410 g/mol. The third-order valence-electron chi connectivity index (χ3n) is 23.6. The maximum atomic E-state index is 6.96. The van der Waals surface area contributed by atoms with Crippen molar-refractivity contribution in [2.45, 2.75) is 52.7 Å². The van der Waals surface area contributed by atoms with Gasteiger partial charge in [0.2, 0.25) is 0 Å². The molecule has 0 saturated carbocycles. The third kappa shape index (κ3) is 9.38. The van der Waals surface area contributed by atoms with Gasteiger partial charge in [-0.1, -0.05) is 194 Å². The van der Waals surface area contributed by atoms with Gasteiger partial charge in [0.1, 0.15) is 0 Å². The van der Waals surface area contributed by atoms with Crippen molar-refractivity contribution in [2.75, 3.05) is 0 Å². The zero-order valence-electron chi connectivity index (χ0n) is 59.9. The second kappa shape index (κ2) is 23.2. The van der Waals surface area contributed by atoms with Gasteiger partial charge in [0.25, 0.3) is 0 Å². The van der Waals surface area contributed by atoms with Gasteiger partial charge in [0.05, 0.1) is 55.3 Å². The summed E-state index contributed by atoms with van der Waals surface area (Å²) in [4.78, 5) is 0. The second-order valence-electron chi connectivity index (χ2n) is 30.3. The lowest BCUT2D eigenvalue weighted by Crippen LogP contribution is -2.41. The third-order valence-corrected chi connectivity index (χ3v) is 26.1. The number of aromatic nitrogens is 4. The Balaban J connectivity index is 0.702. The van der Waals surface area contributed by atoms with Crippen LogP contribution in [-0.4, -0.2) is 36.6 Å². The number of fused-ring (bicyclic) bond motifs is 18. The lowest BCUT2D eigenvalue weighted by Gasteiger charge is -2.32. The van der Waals surface area contributed by atoms with E-state index >= 15 is 0 Å². The number of para-hydroxylation sites is 8. The number of thiophene rings is 2. The molecule has 0 N–H and O–H groups in total. The van der Waals surface area contributed by atoms with E-state index < -0.39 is 18.3 Å². The first-order valence-electron chi connectivity index (χ1n) is 37.0. The van der Waals surface area contributed by atoms with Crippen LogP contribution in [0.5, 0.6) is 0 Å². The molecule has 21 aromatic rings. The summed E-state index contributed by atoms with van der Waals surface area (Å²) in [5.41, 5.74) is 25.6. The van der Waals surface area contributed by atoms with E-state index in [2.05, 4.69) is 369 Å². The number of hydrogen-bond acceptors (Lipinski definition) is 4. The van der Waals surface area contributed by atoms with Crippen LogP contribution >= 0.6 is 22.7 Å². The zero-order chi connectivity index (χ0) is 71.3. The van der Waals surface area contributed by atoms with Crippen molar-refractivity contribution >= 4 is 163 Å². The molecule has 7 heterocycles. The van der Waals surface area contributed by atoms with Crippen molar-refractivity contribution in [3.05, 3.63) is 321 Å². The quantitative estimate of drug-likeness (QED) is 0.135. The Labute approximate surface area is 626 Å². The maximum Gasteiger partial charge on any atom is 0.494 e. The Kier molecular flexibility index (Phi) is 13.5. The Hall–Kier alpha value is -12.1. The van der Waals surface area contributed by atoms with Crippen molar-refractivity contribution in [1.29, 1.82) is 0 Å². The van der Waals surface area contributed by atoms with Crippen molar-refractivity contribution in [3.8, 4) is 67.3 Å². The molecular weight excluding hydrogens is 1340 g/mol. The van der Waals surface area contributed by atoms with Crippen LogP contribution in [-0.2, 0) is 9.31 Å². The highest BCUT2D eigenvalue weighted by molar-refractivity contribution is 7.26. The SMILES string of the molecule is Cc1cc(-c2cc(B3OC(C)(C)C(C)(C)O3)cc(-c3ccc(-c4cc(-n5c6ccccc6c6ccccc65)cc5c4sc4ccc(-n6c7ccccc7c7ccccc76)cc45)c(C)c3)c2)ccc1-c1cc(-n2c3ccccc3c3ccccc32)cc2c1sc1ccc(-n3c4ccccc4c4ccccc43)cc12. The van der Waals surface area contributed by atoms with Crippen molar-refractivity contribution < 1.29 is 9.31 Å². The van der Waals surface area contributed by atoms with Gasteiger partial charge in [-0.15, -0.1) is 22.7 Å². The summed E-state index contributed by atoms with van der Waals surface area (Å²) in [6.07, 6.45) is 0. The van der Waals surface area contributed by atoms with Crippen LogP contribution in [0.25, 0.3) is 195 Å². The fraction of sp³-hybridized carbons (Fsp3) is 0.0816. The minimum atomic E-state index is -0.583. The summed E-state index contributed by atoms with van der Waals surface area (Å²) < 4.78 is 28.8. The molecule has 15 aromatic carbocycles. The van der Waals surface area contributed by atoms with Crippen LogP contribution in [0.3, 0.4) is 0 Å². The highest BCUT2D eigenvalue weighted by Crippen LogP contribution is 2.50. The number of benzene rings is 15. The van der Waals surface area contributed by atoms with E-state index in [-0.39, 0.29) is 0 Å². The molecule has 0 spiro atoms. The molecule has 1 aliphatic rings. The summed E-state index contributed by atoms with van der Waals surface area (Å²) in [5, 5.41) is 14.9. The molecule has 0 aliphatic carbocycles. The van der Waals surface area contributed by atoms with E-state index in [1.54, 1.807) is 0 Å². The number of nitrogens with zero attached hydrogens (tertiary/aromatic N) is 4. The van der Waals surface area contributed by atoms with Crippen molar-refractivity contribution in [2.24, 2.45) is 0 Å². The molecule has 0 unspecified atom stereocenters. The Morgan fingerprint density at radius 3 is 0.850 bits per heavy atom. The summed E-state index contributed by atoms with van der Waals surface area (Å²) in [5.74, 6) is 0. The van der Waals surface area contributed by atoms with Gasteiger partial charge in [-0.05, 0) is 207 Å². The van der Waals surface area contributed by atoms with E-state index in [9.17, 15) is 0 Å². The van der Waals surface area contributed by atoms with Crippen LogP contribution in [0.2, 0.25) is 0 Å². The summed E-state index contributed by atoms with van der Waals surface area (Å²) in [6.45, 7) is 13.2. The van der Waals surface area contributed by atoms with E-state index in [4.69, 9.17) is 9.31 Å². The molecule has 22 rings (SSSR count). The van der Waals surface area contributed by atoms with Gasteiger partial charge >= 0.3 is 7.12 Å². The summed E-state index contributed by atoms with van der Waals surface area (Å²) in [7, 11) is -0.583. The molecule has 1 aliphatic heterocycles. The molecule has 1 fully saturated rings. The van der Waals surface area contributed by atoms with Crippen molar-refractivity contribution in [1.82, 2.24) is 18.3 Å². The van der Waals surface area contributed by atoms with E-state index in [1.165, 1.54) is 161 Å². The lowest BCUT2D eigenvalue weighted by molar-refractivity contribution is 0.00578. The Morgan fingerprint density at radius 2 is 0.542 bits per heavy atom. The number of hydrogen-bond donors (Lipinski definition) is 0. The Morgan fingerprint density at radius 1 is 0.252 bits per heavy atom. The average Bonchev–Trinajstić information content (AvgIpc) is 1.59. The second-order valence-corrected chi connectivity index (χ2v) is 32.4. The van der Waals surface area contributed by atoms with Gasteiger partial charge in [-0.2, -0.15) is 0 Å². The molecule has 107 heavy (non-hydrogen) atoms. The first kappa shape index (κ1) is 62.3. The highest BCUT2D eigenvalue weighted by Gasteiger charge is 2.52. The predicted octanol–water partition coefficient (Wildman–Crippen LogP) is 26.4. The Bertz CT molecular complexity index is 6750. The molecule has 508 valence electrons. The summed E-state index contributed by atoms with van der Waals surface area (Å²) >= 11 is 3.78. The fourth-order valence-corrected chi connectivity index (χ4v) is 20.2. The smallest absolute Gasteiger partial charge is 0.399 e. The van der Waals surface area contributed by atoms with Crippen LogP contribution in [0, 0.1) is 13.8 Å². The molecule has 0 amide bonds. The molecular formula is C98H69BN4O2S2. The molecule has 6 nitrogen and oxygen atoms in total. The lowest BCUT2D eigenvalue weighted by atomic mass is 9.76. The minimum Gasteiger partial charge on any atom is -0.399 e. The largest absolute Gasteiger partial charge is 0.494 e. The molecule has 0 bridgehead atoms. The van der Waals surface area contributed by atoms with E-state index in [0.717, 1.165) is 50.5 Å². The molecule has 0 radical (unpaired) electrons. The van der Waals surface area contributed by atoms with Crippen LogP contribution in [0.4, 0.5) is 0 Å². The van der Waals surface area contributed by atoms with Gasteiger partial charge in [-0.3, -0.25) is 0 Å². The first-order valence-corrected chi connectivity index (χ1v) is 38.7. The van der Waals surface area contributed by atoms with E-state index in [1.807, 2.05) is 22.7 Å². The van der Waals surface area contributed by atoms with E-state index in [0.29, 0.717) is 0 Å². The fourth-order valence-electron chi connectivity index (χ4n) is 17.8. The van der Waals surface area contributed by atoms with Gasteiger partial charge < -0.3 is 27.6 Å². The first-order chi connectivity index (χ1) is 52.3. The standard InChI is InChI=1S/C98H69BN4O2S2/c1-58-47-60(39-43-69(58)81-54-67(102-89-35-19-11-27-75(89)76-28-12-20-36-90(76)102)56-83-79-52-65(41-45-93(79)106-95(81)83)100-85-31-15-7-23-71(85)72-24-8-16-32-86(72)100)62-49-63(51-64(50-62)99-104-97(3,4)98(5,6)105-99)61-40-44-70(59(2)48-61)82-55-68(103-91-37-21-13-29-77(91)78-30-14-22-38-92(78)103)57-84-80-53-66(42-46-94(80)107-96(82)84)101-87-33-17-9-25-73(87)74-26-10-18-34-88(74)101/h7-57H,1-6H3. The molecule has 6 aromatic heterocycles. The van der Waals surface area contributed by atoms with Gasteiger partial charge in [0.15, 0.2) is 0 Å².